The van der Waals surface area contributed by atoms with Gasteiger partial charge in [0.05, 0.1) is 18.3 Å². The maximum absolute atomic E-state index is 12.4. The number of anilines is 1. The third-order valence-corrected chi connectivity index (χ3v) is 3.80. The highest BCUT2D eigenvalue weighted by atomic mass is 16.2. The van der Waals surface area contributed by atoms with E-state index in [0.717, 1.165) is 16.5 Å². The summed E-state index contributed by atoms with van der Waals surface area (Å²) in [5.41, 5.74) is 3.02. The summed E-state index contributed by atoms with van der Waals surface area (Å²) in [6.07, 6.45) is 3.55. The second-order valence-electron chi connectivity index (χ2n) is 5.90. The molecule has 2 aromatic heterocycles. The van der Waals surface area contributed by atoms with E-state index in [-0.39, 0.29) is 18.0 Å². The molecule has 0 unspecified atom stereocenters. The van der Waals surface area contributed by atoms with E-state index in [0.29, 0.717) is 11.4 Å². The van der Waals surface area contributed by atoms with Gasteiger partial charge >= 0.3 is 0 Å². The summed E-state index contributed by atoms with van der Waals surface area (Å²) in [6.45, 7) is 5.30. The molecule has 7 heteroatoms. The van der Waals surface area contributed by atoms with E-state index in [1.807, 2.05) is 42.1 Å². The monoisotopic (exact) mass is 337 g/mol. The Balaban J connectivity index is 1.76. The van der Waals surface area contributed by atoms with E-state index in [1.54, 1.807) is 6.92 Å². The summed E-state index contributed by atoms with van der Waals surface area (Å²) in [7, 11) is 1.94. The number of allylic oxidation sites excluding steroid dienone is 1. The molecule has 0 saturated heterocycles. The van der Waals surface area contributed by atoms with Crippen LogP contribution in [0.5, 0.6) is 0 Å². The molecule has 3 N–H and O–H groups in total. The SMILES string of the molecule is C=C(C)NC(=O)c1[nH]ncc1NC(=O)Cc1cn(C)c2ccccc12. The molecule has 0 saturated carbocycles. The number of fused-ring (bicyclic) bond motifs is 1. The largest absolute Gasteiger partial charge is 0.350 e. The van der Waals surface area contributed by atoms with Crippen molar-refractivity contribution in [2.45, 2.75) is 13.3 Å². The molecular formula is C18H19N5O2. The Morgan fingerprint density at radius 3 is 2.84 bits per heavy atom. The molecule has 0 aliphatic rings. The zero-order valence-electron chi connectivity index (χ0n) is 14.1. The lowest BCUT2D eigenvalue weighted by atomic mass is 10.1. The molecule has 3 rings (SSSR count). The average molecular weight is 337 g/mol. The number of rotatable bonds is 5. The van der Waals surface area contributed by atoms with E-state index < -0.39 is 5.91 Å². The van der Waals surface area contributed by atoms with Gasteiger partial charge in [0.1, 0.15) is 5.69 Å². The van der Waals surface area contributed by atoms with Crippen molar-refractivity contribution in [3.8, 4) is 0 Å². The molecule has 3 aromatic rings. The fourth-order valence-corrected chi connectivity index (χ4v) is 2.74. The molecule has 0 fully saturated rings. The standard InChI is InChI=1S/C18H19N5O2/c1-11(2)20-18(25)17-14(9-19-22-17)21-16(24)8-12-10-23(3)15-7-5-4-6-13(12)15/h4-7,9-10H,1,8H2,2-3H3,(H,19,22)(H,20,25)(H,21,24). The summed E-state index contributed by atoms with van der Waals surface area (Å²) in [4.78, 5) is 24.5. The van der Waals surface area contributed by atoms with E-state index in [4.69, 9.17) is 0 Å². The molecule has 2 amide bonds. The normalized spacial score (nSPS) is 10.6. The van der Waals surface area contributed by atoms with Crippen LogP contribution in [0.25, 0.3) is 10.9 Å². The van der Waals surface area contributed by atoms with Gasteiger partial charge in [-0.25, -0.2) is 0 Å². The molecule has 0 radical (unpaired) electrons. The molecule has 0 aliphatic heterocycles. The van der Waals surface area contributed by atoms with Crippen molar-refractivity contribution in [2.75, 3.05) is 5.32 Å². The predicted molar refractivity (Wildman–Crippen MR) is 96.1 cm³/mol. The molecule has 7 nitrogen and oxygen atoms in total. The van der Waals surface area contributed by atoms with Gasteiger partial charge in [-0.1, -0.05) is 24.8 Å². The van der Waals surface area contributed by atoms with E-state index in [1.165, 1.54) is 6.20 Å². The molecule has 128 valence electrons. The Hall–Kier alpha value is -3.35. The van der Waals surface area contributed by atoms with Crippen molar-refractivity contribution < 1.29 is 9.59 Å². The smallest absolute Gasteiger partial charge is 0.275 e. The van der Waals surface area contributed by atoms with Crippen molar-refractivity contribution in [2.24, 2.45) is 7.05 Å². The maximum Gasteiger partial charge on any atom is 0.275 e. The zero-order chi connectivity index (χ0) is 18.0. The maximum atomic E-state index is 12.4. The molecule has 2 heterocycles. The third kappa shape index (κ3) is 3.45. The summed E-state index contributed by atoms with van der Waals surface area (Å²) in [6, 6.07) is 7.90. The Kier molecular flexibility index (Phi) is 4.38. The van der Waals surface area contributed by atoms with Crippen molar-refractivity contribution in [1.82, 2.24) is 20.1 Å². The highest BCUT2D eigenvalue weighted by Gasteiger charge is 2.17. The number of benzene rings is 1. The Morgan fingerprint density at radius 1 is 1.32 bits per heavy atom. The number of hydrogen-bond donors (Lipinski definition) is 3. The fourth-order valence-electron chi connectivity index (χ4n) is 2.74. The van der Waals surface area contributed by atoms with Gasteiger partial charge in [-0.05, 0) is 18.6 Å². The summed E-state index contributed by atoms with van der Waals surface area (Å²) < 4.78 is 1.99. The van der Waals surface area contributed by atoms with E-state index in [9.17, 15) is 9.59 Å². The zero-order valence-corrected chi connectivity index (χ0v) is 14.1. The predicted octanol–water partition coefficient (Wildman–Crippen LogP) is 2.35. The number of para-hydroxylation sites is 1. The molecule has 0 bridgehead atoms. The van der Waals surface area contributed by atoms with Gasteiger partial charge in [-0.15, -0.1) is 0 Å². The van der Waals surface area contributed by atoms with Gasteiger partial charge in [0.15, 0.2) is 0 Å². The fraction of sp³-hybridized carbons (Fsp3) is 0.167. The Morgan fingerprint density at radius 2 is 2.08 bits per heavy atom. The number of carbonyl (C=O) groups excluding carboxylic acids is 2. The second kappa shape index (κ2) is 6.64. The molecule has 1 aromatic carbocycles. The second-order valence-corrected chi connectivity index (χ2v) is 5.90. The van der Waals surface area contributed by atoms with Crippen molar-refractivity contribution >= 4 is 28.4 Å². The number of nitrogens with one attached hydrogen (secondary N) is 3. The molecule has 25 heavy (non-hydrogen) atoms. The highest BCUT2D eigenvalue weighted by molar-refractivity contribution is 6.03. The summed E-state index contributed by atoms with van der Waals surface area (Å²) in [5, 5.41) is 12.8. The van der Waals surface area contributed by atoms with Crippen LogP contribution in [0, 0.1) is 0 Å². The van der Waals surface area contributed by atoms with Crippen LogP contribution in [0.1, 0.15) is 23.0 Å². The van der Waals surface area contributed by atoms with Gasteiger partial charge in [-0.2, -0.15) is 5.10 Å². The molecule has 0 atom stereocenters. The number of amides is 2. The first-order chi connectivity index (χ1) is 12.0. The highest BCUT2D eigenvalue weighted by Crippen LogP contribution is 2.21. The van der Waals surface area contributed by atoms with Gasteiger partial charge in [0.2, 0.25) is 5.91 Å². The summed E-state index contributed by atoms with van der Waals surface area (Å²) >= 11 is 0. The van der Waals surface area contributed by atoms with Crippen LogP contribution in [0.3, 0.4) is 0 Å². The number of carbonyl (C=O) groups is 2. The number of aromatic nitrogens is 3. The molecule has 0 spiro atoms. The van der Waals surface area contributed by atoms with Crippen LogP contribution in [0.15, 0.2) is 48.9 Å². The first kappa shape index (κ1) is 16.5. The van der Waals surface area contributed by atoms with Gasteiger partial charge < -0.3 is 15.2 Å². The van der Waals surface area contributed by atoms with Crippen LogP contribution in [-0.2, 0) is 18.3 Å². The minimum absolute atomic E-state index is 0.189. The van der Waals surface area contributed by atoms with Crippen LogP contribution in [0.4, 0.5) is 5.69 Å². The Labute approximate surface area is 144 Å². The van der Waals surface area contributed by atoms with Crippen molar-refractivity contribution in [3.63, 3.8) is 0 Å². The topological polar surface area (TPSA) is 91.8 Å². The third-order valence-electron chi connectivity index (χ3n) is 3.80. The summed E-state index contributed by atoms with van der Waals surface area (Å²) in [5.74, 6) is -0.618. The molecule has 0 aliphatic carbocycles. The number of H-pyrrole nitrogens is 1. The minimum Gasteiger partial charge on any atom is -0.350 e. The lowest BCUT2D eigenvalue weighted by Crippen LogP contribution is -2.23. The average Bonchev–Trinajstić information content (AvgIpc) is 3.13. The number of hydrogen-bond acceptors (Lipinski definition) is 3. The first-order valence-electron chi connectivity index (χ1n) is 7.78. The Bertz CT molecular complexity index is 967. The first-order valence-corrected chi connectivity index (χ1v) is 7.78. The molecular weight excluding hydrogens is 318 g/mol. The number of aryl methyl sites for hydroxylation is 1. The lowest BCUT2D eigenvalue weighted by molar-refractivity contribution is -0.115. The van der Waals surface area contributed by atoms with Crippen LogP contribution in [0.2, 0.25) is 0 Å². The van der Waals surface area contributed by atoms with Crippen LogP contribution >= 0.6 is 0 Å². The van der Waals surface area contributed by atoms with Crippen LogP contribution < -0.4 is 10.6 Å². The van der Waals surface area contributed by atoms with E-state index >= 15 is 0 Å². The van der Waals surface area contributed by atoms with Crippen LogP contribution in [-0.4, -0.2) is 26.6 Å². The quantitative estimate of drug-likeness (QED) is 0.667. The van der Waals surface area contributed by atoms with Gasteiger partial charge in [0.25, 0.3) is 5.91 Å². The van der Waals surface area contributed by atoms with Gasteiger partial charge in [0, 0.05) is 29.8 Å². The van der Waals surface area contributed by atoms with E-state index in [2.05, 4.69) is 27.4 Å². The number of aromatic amines is 1. The van der Waals surface area contributed by atoms with Crippen molar-refractivity contribution in [3.05, 3.63) is 60.2 Å². The lowest BCUT2D eigenvalue weighted by Gasteiger charge is -2.06. The van der Waals surface area contributed by atoms with Crippen molar-refractivity contribution in [1.29, 1.82) is 0 Å². The number of nitrogens with zero attached hydrogens (tertiary/aromatic N) is 2. The van der Waals surface area contributed by atoms with Gasteiger partial charge in [-0.3, -0.25) is 14.7 Å². The minimum atomic E-state index is -0.398.